The number of hydrogen-bond donors (Lipinski definition) is 1. The third kappa shape index (κ3) is 2.56. The van der Waals surface area contributed by atoms with Gasteiger partial charge in [-0.05, 0) is 42.5 Å². The van der Waals surface area contributed by atoms with Crippen LogP contribution in [0.2, 0.25) is 0 Å². The van der Waals surface area contributed by atoms with E-state index in [1.165, 1.54) is 5.56 Å². The molecule has 0 bridgehead atoms. The van der Waals surface area contributed by atoms with E-state index in [0.717, 1.165) is 23.1 Å². The van der Waals surface area contributed by atoms with Crippen molar-refractivity contribution in [3.63, 3.8) is 0 Å². The van der Waals surface area contributed by atoms with E-state index in [-0.39, 0.29) is 5.88 Å². The van der Waals surface area contributed by atoms with E-state index in [0.29, 0.717) is 0 Å². The Balaban J connectivity index is 3.30. The van der Waals surface area contributed by atoms with E-state index in [1.54, 1.807) is 0 Å². The van der Waals surface area contributed by atoms with Crippen LogP contribution in [0.1, 0.15) is 35.1 Å². The second-order valence-corrected chi connectivity index (χ2v) is 4.34. The summed E-state index contributed by atoms with van der Waals surface area (Å²) in [6.45, 7) is 6.06. The molecule has 0 heterocycles. The Morgan fingerprint density at radius 3 is 2.38 bits per heavy atom. The van der Waals surface area contributed by atoms with Gasteiger partial charge in [-0.3, -0.25) is 4.79 Å². The summed E-state index contributed by atoms with van der Waals surface area (Å²) in [4.78, 5) is 11.1. The number of aliphatic carboxylic acids is 1. The van der Waals surface area contributed by atoms with Gasteiger partial charge in [0.05, 0.1) is 5.92 Å². The molecule has 0 saturated heterocycles. The maximum Gasteiger partial charge on any atom is 0.312 e. The first-order chi connectivity index (χ1) is 7.51. The minimum Gasteiger partial charge on any atom is -0.481 e. The fourth-order valence-electron chi connectivity index (χ4n) is 1.81. The van der Waals surface area contributed by atoms with Crippen molar-refractivity contribution in [2.24, 2.45) is 0 Å². The summed E-state index contributed by atoms with van der Waals surface area (Å²) in [5.74, 6) is -1.34. The van der Waals surface area contributed by atoms with Gasteiger partial charge in [-0.2, -0.15) is 0 Å². The van der Waals surface area contributed by atoms with Crippen molar-refractivity contribution in [3.8, 4) is 0 Å². The van der Waals surface area contributed by atoms with Gasteiger partial charge in [-0.1, -0.05) is 19.1 Å². The molecule has 1 unspecified atom stereocenters. The van der Waals surface area contributed by atoms with Gasteiger partial charge in [0.2, 0.25) is 0 Å². The number of benzene rings is 1. The molecule has 2 nitrogen and oxygen atoms in total. The van der Waals surface area contributed by atoms with Crippen LogP contribution in [0.15, 0.2) is 12.1 Å². The molecule has 0 radical (unpaired) electrons. The van der Waals surface area contributed by atoms with Gasteiger partial charge in [-0.25, -0.2) is 0 Å². The van der Waals surface area contributed by atoms with Crippen LogP contribution < -0.4 is 0 Å². The number of carbonyl (C=O) groups is 1. The molecule has 0 aliphatic carbocycles. The molecule has 0 aromatic heterocycles. The maximum atomic E-state index is 11.1. The van der Waals surface area contributed by atoms with Crippen LogP contribution in [-0.2, 0) is 11.2 Å². The average Bonchev–Trinajstić information content (AvgIpc) is 2.23. The van der Waals surface area contributed by atoms with Crippen LogP contribution in [0.4, 0.5) is 0 Å². The highest BCUT2D eigenvalue weighted by atomic mass is 35.5. The summed E-state index contributed by atoms with van der Waals surface area (Å²) in [5, 5.41) is 9.12. The molecule has 88 valence electrons. The molecule has 0 fully saturated rings. The molecule has 0 aliphatic heterocycles. The van der Waals surface area contributed by atoms with Crippen molar-refractivity contribution in [2.75, 3.05) is 5.88 Å². The highest BCUT2D eigenvalue weighted by Crippen LogP contribution is 2.25. The van der Waals surface area contributed by atoms with Crippen LogP contribution >= 0.6 is 11.6 Å². The highest BCUT2D eigenvalue weighted by molar-refractivity contribution is 6.19. The van der Waals surface area contributed by atoms with Crippen molar-refractivity contribution in [1.82, 2.24) is 0 Å². The molecule has 0 spiro atoms. The fraction of sp³-hybridized carbons (Fsp3) is 0.462. The minimum absolute atomic E-state index is 0.116. The normalized spacial score (nSPS) is 12.5. The first-order valence-corrected chi connectivity index (χ1v) is 5.93. The Bertz CT molecular complexity index is 399. The molecule has 16 heavy (non-hydrogen) atoms. The molecule has 3 heteroatoms. The van der Waals surface area contributed by atoms with Crippen molar-refractivity contribution in [2.45, 2.75) is 33.1 Å². The molecular formula is C13H17ClO2. The van der Waals surface area contributed by atoms with Crippen LogP contribution in [0.3, 0.4) is 0 Å². The summed E-state index contributed by atoms with van der Waals surface area (Å²) < 4.78 is 0. The van der Waals surface area contributed by atoms with Gasteiger partial charge < -0.3 is 5.11 Å². The Morgan fingerprint density at radius 2 is 1.94 bits per heavy atom. The molecule has 0 aliphatic rings. The highest BCUT2D eigenvalue weighted by Gasteiger charge is 2.21. The maximum absolute atomic E-state index is 11.1. The topological polar surface area (TPSA) is 37.3 Å². The zero-order chi connectivity index (χ0) is 12.3. The molecule has 0 saturated carbocycles. The van der Waals surface area contributed by atoms with Crippen molar-refractivity contribution in [3.05, 3.63) is 34.4 Å². The van der Waals surface area contributed by atoms with Gasteiger partial charge in [-0.15, -0.1) is 11.6 Å². The van der Waals surface area contributed by atoms with E-state index in [1.807, 2.05) is 26.8 Å². The molecule has 1 rings (SSSR count). The first kappa shape index (κ1) is 13.0. The van der Waals surface area contributed by atoms with Gasteiger partial charge >= 0.3 is 5.97 Å². The number of carboxylic acid groups (broad SMARTS) is 1. The number of rotatable bonds is 4. The molecule has 1 atom stereocenters. The van der Waals surface area contributed by atoms with Gasteiger partial charge in [0, 0.05) is 5.88 Å². The lowest BCUT2D eigenvalue weighted by Gasteiger charge is -2.16. The number of hydrogen-bond acceptors (Lipinski definition) is 1. The van der Waals surface area contributed by atoms with Crippen molar-refractivity contribution >= 4 is 17.6 Å². The summed E-state index contributed by atoms with van der Waals surface area (Å²) in [6, 6.07) is 4.02. The Kier molecular flexibility index (Phi) is 4.36. The second-order valence-electron chi connectivity index (χ2n) is 4.03. The minimum atomic E-state index is -0.854. The van der Waals surface area contributed by atoms with E-state index in [9.17, 15) is 4.79 Å². The van der Waals surface area contributed by atoms with Gasteiger partial charge in [0.25, 0.3) is 0 Å². The molecule has 1 aromatic carbocycles. The monoisotopic (exact) mass is 240 g/mol. The average molecular weight is 241 g/mol. The number of carboxylic acids is 1. The van der Waals surface area contributed by atoms with Crippen LogP contribution in [0.5, 0.6) is 0 Å². The van der Waals surface area contributed by atoms with Crippen molar-refractivity contribution in [1.29, 1.82) is 0 Å². The lowest BCUT2D eigenvalue weighted by molar-refractivity contribution is -0.138. The largest absolute Gasteiger partial charge is 0.481 e. The predicted octanol–water partition coefficient (Wildman–Crippen LogP) is 3.27. The molecular weight excluding hydrogens is 224 g/mol. The first-order valence-electron chi connectivity index (χ1n) is 5.40. The van der Waals surface area contributed by atoms with Gasteiger partial charge in [0.15, 0.2) is 0 Å². The fourth-order valence-corrected chi connectivity index (χ4v) is 2.11. The van der Waals surface area contributed by atoms with E-state index in [4.69, 9.17) is 16.7 Å². The summed E-state index contributed by atoms with van der Waals surface area (Å²) in [5.41, 5.74) is 4.24. The molecule has 0 amide bonds. The van der Waals surface area contributed by atoms with E-state index >= 15 is 0 Å². The van der Waals surface area contributed by atoms with Crippen LogP contribution in [0.25, 0.3) is 0 Å². The third-order valence-corrected chi connectivity index (χ3v) is 3.27. The zero-order valence-electron chi connectivity index (χ0n) is 9.88. The van der Waals surface area contributed by atoms with Gasteiger partial charge in [0.1, 0.15) is 0 Å². The standard InChI is InChI=1S/C13H17ClO2/c1-4-10-5-8(2)9(3)6-11(10)12(7-14)13(15)16/h5-6,12H,4,7H2,1-3H3,(H,15,16). The number of aryl methyl sites for hydroxylation is 3. The Labute approximate surface area is 101 Å². The lowest BCUT2D eigenvalue weighted by atomic mass is 9.90. The summed E-state index contributed by atoms with van der Waals surface area (Å²) in [6.07, 6.45) is 0.830. The summed E-state index contributed by atoms with van der Waals surface area (Å²) in [7, 11) is 0. The van der Waals surface area contributed by atoms with E-state index in [2.05, 4.69) is 6.07 Å². The number of halogens is 1. The van der Waals surface area contributed by atoms with Crippen molar-refractivity contribution < 1.29 is 9.90 Å². The predicted molar refractivity (Wildman–Crippen MR) is 66.4 cm³/mol. The zero-order valence-corrected chi connectivity index (χ0v) is 10.6. The van der Waals surface area contributed by atoms with E-state index < -0.39 is 11.9 Å². The third-order valence-electron chi connectivity index (χ3n) is 2.96. The quantitative estimate of drug-likeness (QED) is 0.821. The Morgan fingerprint density at radius 1 is 1.38 bits per heavy atom. The lowest BCUT2D eigenvalue weighted by Crippen LogP contribution is -2.15. The smallest absolute Gasteiger partial charge is 0.312 e. The van der Waals surface area contributed by atoms with Crippen LogP contribution in [0, 0.1) is 13.8 Å². The number of alkyl halides is 1. The molecule has 1 aromatic rings. The van der Waals surface area contributed by atoms with Crippen LogP contribution in [-0.4, -0.2) is 17.0 Å². The second kappa shape index (κ2) is 5.35. The summed E-state index contributed by atoms with van der Waals surface area (Å²) >= 11 is 5.74. The Hall–Kier alpha value is -1.02. The molecule has 1 N–H and O–H groups in total. The SMILES string of the molecule is CCc1cc(C)c(C)cc1C(CCl)C(=O)O.